The molecule has 130 valence electrons. The number of hydrazine groups is 1. The van der Waals surface area contributed by atoms with Crippen molar-refractivity contribution in [3.63, 3.8) is 0 Å². The maximum absolute atomic E-state index is 11.9. The lowest BCUT2D eigenvalue weighted by Crippen LogP contribution is -2.47. The molecular formula is C16H22N4O3S. The molecule has 8 heteroatoms. The smallest absolute Gasteiger partial charge is 0.234 e. The maximum atomic E-state index is 11.9. The van der Waals surface area contributed by atoms with Gasteiger partial charge in [-0.1, -0.05) is 11.2 Å². The molecule has 1 amide bonds. The number of rotatable bonds is 7. The van der Waals surface area contributed by atoms with Crippen molar-refractivity contribution in [2.24, 2.45) is 0 Å². The van der Waals surface area contributed by atoms with E-state index < -0.39 is 0 Å². The monoisotopic (exact) mass is 350 g/mol. The summed E-state index contributed by atoms with van der Waals surface area (Å²) in [4.78, 5) is 17.2. The first-order valence-corrected chi connectivity index (χ1v) is 9.11. The van der Waals surface area contributed by atoms with E-state index >= 15 is 0 Å². The van der Waals surface area contributed by atoms with Crippen LogP contribution in [-0.4, -0.2) is 34.8 Å². The van der Waals surface area contributed by atoms with Gasteiger partial charge in [-0.3, -0.25) is 10.2 Å². The predicted molar refractivity (Wildman–Crippen MR) is 90.3 cm³/mol. The molecule has 1 fully saturated rings. The highest BCUT2D eigenvalue weighted by Crippen LogP contribution is 2.21. The molecule has 2 aromatic rings. The predicted octanol–water partition coefficient (Wildman–Crippen LogP) is 2.31. The topological polar surface area (TPSA) is 89.3 Å². The van der Waals surface area contributed by atoms with Crippen molar-refractivity contribution in [1.82, 2.24) is 21.0 Å². The van der Waals surface area contributed by atoms with Crippen LogP contribution in [0.5, 0.6) is 0 Å². The lowest BCUT2D eigenvalue weighted by molar-refractivity contribution is -0.122. The molecule has 0 spiro atoms. The van der Waals surface area contributed by atoms with Gasteiger partial charge in [0.2, 0.25) is 17.6 Å². The molecule has 2 N–H and O–H groups in total. The number of ether oxygens (including phenoxy) is 1. The van der Waals surface area contributed by atoms with E-state index in [9.17, 15) is 4.79 Å². The van der Waals surface area contributed by atoms with Crippen LogP contribution in [0.4, 0.5) is 0 Å². The number of amides is 1. The number of carbonyl (C=O) groups is 1. The largest absolute Gasteiger partial charge is 0.378 e. The Morgan fingerprint density at radius 3 is 3.21 bits per heavy atom. The first-order chi connectivity index (χ1) is 11.7. The third-order valence-electron chi connectivity index (χ3n) is 3.90. The summed E-state index contributed by atoms with van der Waals surface area (Å²) in [5, 5.41) is 5.93. The lowest BCUT2D eigenvalue weighted by atomic mass is 10.1. The number of aromatic nitrogens is 2. The van der Waals surface area contributed by atoms with Crippen molar-refractivity contribution in [1.29, 1.82) is 0 Å². The Balaban J connectivity index is 1.35. The second kappa shape index (κ2) is 8.36. The summed E-state index contributed by atoms with van der Waals surface area (Å²) in [6, 6.07) is 4.18. The van der Waals surface area contributed by atoms with Crippen molar-refractivity contribution >= 4 is 17.2 Å². The zero-order chi connectivity index (χ0) is 16.8. The zero-order valence-electron chi connectivity index (χ0n) is 13.7. The molecule has 0 aromatic carbocycles. The fraction of sp³-hybridized carbons (Fsp3) is 0.562. The minimum Gasteiger partial charge on any atom is -0.378 e. The molecule has 24 heavy (non-hydrogen) atoms. The Kier molecular flexibility index (Phi) is 5.95. The summed E-state index contributed by atoms with van der Waals surface area (Å²) >= 11 is 1.57. The minimum absolute atomic E-state index is 0.0212. The van der Waals surface area contributed by atoms with Crippen LogP contribution in [0, 0.1) is 0 Å². The van der Waals surface area contributed by atoms with Crippen LogP contribution in [0.25, 0.3) is 10.7 Å². The average Bonchev–Trinajstić information content (AvgIpc) is 3.24. The number of hydrogen-bond donors (Lipinski definition) is 2. The Bertz CT molecular complexity index is 644. The van der Waals surface area contributed by atoms with E-state index in [1.807, 2.05) is 24.4 Å². The highest BCUT2D eigenvalue weighted by molar-refractivity contribution is 7.13. The summed E-state index contributed by atoms with van der Waals surface area (Å²) in [6.45, 7) is 2.78. The van der Waals surface area contributed by atoms with Crippen molar-refractivity contribution in [3.8, 4) is 10.7 Å². The molecule has 0 bridgehead atoms. The first kappa shape index (κ1) is 17.1. The molecule has 3 rings (SSSR count). The molecule has 0 aliphatic carbocycles. The summed E-state index contributed by atoms with van der Waals surface area (Å²) < 4.78 is 10.7. The number of hydrogen-bond acceptors (Lipinski definition) is 7. The fourth-order valence-corrected chi connectivity index (χ4v) is 3.29. The Hall–Kier alpha value is -1.77. The van der Waals surface area contributed by atoms with Crippen LogP contribution in [0.15, 0.2) is 22.0 Å². The van der Waals surface area contributed by atoms with Gasteiger partial charge < -0.3 is 9.26 Å². The van der Waals surface area contributed by atoms with Crippen molar-refractivity contribution in [3.05, 3.63) is 23.4 Å². The van der Waals surface area contributed by atoms with Gasteiger partial charge in [0.15, 0.2) is 0 Å². The van der Waals surface area contributed by atoms with E-state index in [4.69, 9.17) is 9.26 Å². The van der Waals surface area contributed by atoms with Crippen LogP contribution in [-0.2, 0) is 16.0 Å². The molecule has 2 atom stereocenters. The summed E-state index contributed by atoms with van der Waals surface area (Å²) in [5.74, 6) is 1.16. The Morgan fingerprint density at radius 1 is 1.50 bits per heavy atom. The van der Waals surface area contributed by atoms with Gasteiger partial charge in [-0.15, -0.1) is 11.3 Å². The number of aryl methyl sites for hydroxylation is 1. The van der Waals surface area contributed by atoms with Gasteiger partial charge in [-0.25, -0.2) is 5.43 Å². The second-order valence-corrected chi connectivity index (χ2v) is 6.89. The van der Waals surface area contributed by atoms with Gasteiger partial charge in [-0.05, 0) is 37.6 Å². The summed E-state index contributed by atoms with van der Waals surface area (Å²) in [5.41, 5.74) is 5.87. The SMILES string of the molecule is C[C@@H]1C[C@H](NNC(=O)CCCc2nc(-c3cccs3)no2)CCO1. The number of carbonyl (C=O) groups excluding carboxylic acids is 1. The molecule has 1 aliphatic heterocycles. The maximum Gasteiger partial charge on any atom is 0.234 e. The third kappa shape index (κ3) is 4.86. The molecule has 7 nitrogen and oxygen atoms in total. The highest BCUT2D eigenvalue weighted by atomic mass is 32.1. The standard InChI is InChI=1S/C16H22N4O3S/c1-11-10-12(7-8-22-11)18-19-14(21)5-2-6-15-17-16(20-23-15)13-4-3-9-24-13/h3-4,9,11-12,18H,2,5-8,10H2,1H3,(H,19,21)/t11-,12-/m1/s1. The van der Waals surface area contributed by atoms with Crippen LogP contribution < -0.4 is 10.9 Å². The van der Waals surface area contributed by atoms with E-state index in [0.717, 1.165) is 24.3 Å². The Labute approximate surface area is 144 Å². The molecular weight excluding hydrogens is 328 g/mol. The normalized spacial score (nSPS) is 20.9. The molecule has 0 unspecified atom stereocenters. The fourth-order valence-electron chi connectivity index (χ4n) is 2.64. The molecule has 0 radical (unpaired) electrons. The molecule has 1 aliphatic rings. The third-order valence-corrected chi connectivity index (χ3v) is 4.77. The number of thiophene rings is 1. The minimum atomic E-state index is -0.0212. The Morgan fingerprint density at radius 2 is 2.42 bits per heavy atom. The van der Waals surface area contributed by atoms with E-state index in [1.165, 1.54) is 0 Å². The second-order valence-electron chi connectivity index (χ2n) is 5.94. The zero-order valence-corrected chi connectivity index (χ0v) is 14.5. The van der Waals surface area contributed by atoms with Crippen molar-refractivity contribution < 1.29 is 14.1 Å². The van der Waals surface area contributed by atoms with Crippen molar-refractivity contribution in [2.45, 2.75) is 51.2 Å². The van der Waals surface area contributed by atoms with Gasteiger partial charge in [0.1, 0.15) is 0 Å². The van der Waals surface area contributed by atoms with Crippen LogP contribution >= 0.6 is 11.3 Å². The average molecular weight is 350 g/mol. The quantitative estimate of drug-likeness (QED) is 0.745. The highest BCUT2D eigenvalue weighted by Gasteiger charge is 2.19. The first-order valence-electron chi connectivity index (χ1n) is 8.23. The van der Waals surface area contributed by atoms with E-state index in [0.29, 0.717) is 31.0 Å². The van der Waals surface area contributed by atoms with Gasteiger partial charge in [0.25, 0.3) is 0 Å². The van der Waals surface area contributed by atoms with E-state index in [1.54, 1.807) is 11.3 Å². The molecule has 3 heterocycles. The van der Waals surface area contributed by atoms with Crippen molar-refractivity contribution in [2.75, 3.05) is 6.61 Å². The van der Waals surface area contributed by atoms with Gasteiger partial charge in [0, 0.05) is 25.5 Å². The molecule has 2 aromatic heterocycles. The summed E-state index contributed by atoms with van der Waals surface area (Å²) in [6.07, 6.45) is 3.75. The lowest BCUT2D eigenvalue weighted by Gasteiger charge is -2.28. The van der Waals surface area contributed by atoms with Gasteiger partial charge >= 0.3 is 0 Å². The number of nitrogens with one attached hydrogen (secondary N) is 2. The van der Waals surface area contributed by atoms with Crippen LogP contribution in [0.2, 0.25) is 0 Å². The van der Waals surface area contributed by atoms with Gasteiger partial charge in [0.05, 0.1) is 11.0 Å². The van der Waals surface area contributed by atoms with Gasteiger partial charge in [-0.2, -0.15) is 4.98 Å². The van der Waals surface area contributed by atoms with Crippen LogP contribution in [0.1, 0.15) is 38.5 Å². The molecule has 0 saturated carbocycles. The van der Waals surface area contributed by atoms with Crippen LogP contribution in [0.3, 0.4) is 0 Å². The molecule has 1 saturated heterocycles. The van der Waals surface area contributed by atoms with E-state index in [2.05, 4.69) is 21.0 Å². The summed E-state index contributed by atoms with van der Waals surface area (Å²) in [7, 11) is 0. The number of nitrogens with zero attached hydrogens (tertiary/aromatic N) is 2. The van der Waals surface area contributed by atoms with E-state index in [-0.39, 0.29) is 18.1 Å².